The van der Waals surface area contributed by atoms with Crippen molar-refractivity contribution in [1.82, 2.24) is 4.57 Å². The Bertz CT molecular complexity index is 2080. The van der Waals surface area contributed by atoms with Gasteiger partial charge in [0, 0.05) is 39.1 Å². The summed E-state index contributed by atoms with van der Waals surface area (Å²) >= 11 is 2.58. The lowest BCUT2D eigenvalue weighted by molar-refractivity contribution is -0.138. The van der Waals surface area contributed by atoms with Crippen molar-refractivity contribution in [2.45, 2.75) is 12.4 Å². The highest BCUT2D eigenvalue weighted by atomic mass is 32.1. The van der Waals surface area contributed by atoms with Gasteiger partial charge in [-0.15, -0.1) is 22.7 Å². The molecule has 0 spiro atoms. The normalized spacial score (nSPS) is 17.2. The van der Waals surface area contributed by atoms with Crippen LogP contribution in [-0.4, -0.2) is 27.7 Å². The van der Waals surface area contributed by atoms with Gasteiger partial charge in [-0.1, -0.05) is 12.1 Å². The van der Waals surface area contributed by atoms with Crippen LogP contribution in [0.5, 0.6) is 0 Å². The van der Waals surface area contributed by atoms with E-state index in [-0.39, 0.29) is 33.4 Å². The van der Waals surface area contributed by atoms with E-state index in [1.165, 1.54) is 34.8 Å². The molecule has 5 aromatic rings. The van der Waals surface area contributed by atoms with E-state index in [1.807, 2.05) is 4.57 Å². The molecule has 0 N–H and O–H groups in total. The quantitative estimate of drug-likeness (QED) is 0.111. The van der Waals surface area contributed by atoms with Crippen LogP contribution in [0.15, 0.2) is 48.5 Å². The Morgan fingerprint density at radius 2 is 0.955 bits per heavy atom. The summed E-state index contributed by atoms with van der Waals surface area (Å²) in [6, 6.07) is 8.82. The molecule has 220 valence electrons. The van der Waals surface area contributed by atoms with Crippen LogP contribution < -0.4 is 0 Å². The Morgan fingerprint density at radius 3 is 1.32 bits per heavy atom. The van der Waals surface area contributed by atoms with Gasteiger partial charge in [-0.2, -0.15) is 26.3 Å². The van der Waals surface area contributed by atoms with Gasteiger partial charge < -0.3 is 4.57 Å². The number of aromatic nitrogens is 1. The molecular weight excluding hydrogens is 628 g/mol. The summed E-state index contributed by atoms with van der Waals surface area (Å²) in [6.07, 6.45) is -6.39. The van der Waals surface area contributed by atoms with E-state index in [1.54, 1.807) is 19.2 Å². The summed E-state index contributed by atoms with van der Waals surface area (Å²) in [6.45, 7) is 0. The molecule has 0 unspecified atom stereocenters. The van der Waals surface area contributed by atoms with E-state index in [4.69, 9.17) is 0 Å². The summed E-state index contributed by atoms with van der Waals surface area (Å²) < 4.78 is 82.4. The van der Waals surface area contributed by atoms with Crippen molar-refractivity contribution in [2.75, 3.05) is 0 Å². The fraction of sp³-hybridized carbons (Fsp3) is 0.0968. The Labute approximate surface area is 250 Å². The number of halogens is 6. The highest BCUT2D eigenvalue weighted by Crippen LogP contribution is 2.44. The van der Waals surface area contributed by atoms with Gasteiger partial charge in [0.15, 0.2) is 0 Å². The van der Waals surface area contributed by atoms with Crippen molar-refractivity contribution in [1.29, 1.82) is 0 Å². The van der Waals surface area contributed by atoms with Crippen molar-refractivity contribution < 1.29 is 45.5 Å². The van der Waals surface area contributed by atoms with Gasteiger partial charge in [-0.3, -0.25) is 19.2 Å². The van der Waals surface area contributed by atoms with Crippen LogP contribution in [0.1, 0.15) is 52.7 Å². The first-order chi connectivity index (χ1) is 20.6. The van der Waals surface area contributed by atoms with Crippen LogP contribution >= 0.6 is 22.7 Å². The maximum absolute atomic E-state index is 13.2. The lowest BCUT2D eigenvalue weighted by Gasteiger charge is -2.07. The monoisotopic (exact) mass is 641 g/mol. The number of hydrogen-bond acceptors (Lipinski definition) is 6. The van der Waals surface area contributed by atoms with Gasteiger partial charge in [0.2, 0.25) is 23.1 Å². The SMILES string of the molecule is Cn1c2cc(/C=C3\C(=O)C(=O)c4cc(C(F)(F)F)ccc43)sc2c2sc(/C=C3\C(=O)C(=O)c4cc(C(F)(F)F)ccc43)cc21. The highest BCUT2D eigenvalue weighted by Gasteiger charge is 2.39. The largest absolute Gasteiger partial charge is 0.416 e. The number of aryl methyl sites for hydroxylation is 1. The third-order valence-electron chi connectivity index (χ3n) is 7.63. The van der Waals surface area contributed by atoms with E-state index >= 15 is 0 Å². The number of Topliss-reactive ketones (excluding diaryl/α,β-unsaturated/α-hetero) is 4. The second kappa shape index (κ2) is 9.19. The summed E-state index contributed by atoms with van der Waals surface area (Å²) in [7, 11) is 1.79. The van der Waals surface area contributed by atoms with E-state index < -0.39 is 46.6 Å². The highest BCUT2D eigenvalue weighted by molar-refractivity contribution is 7.28. The molecule has 2 aromatic carbocycles. The van der Waals surface area contributed by atoms with Crippen molar-refractivity contribution in [2.24, 2.45) is 7.05 Å². The molecule has 2 aliphatic carbocycles. The van der Waals surface area contributed by atoms with Gasteiger partial charge >= 0.3 is 12.4 Å². The molecule has 0 saturated carbocycles. The minimum absolute atomic E-state index is 0.00474. The minimum Gasteiger partial charge on any atom is -0.342 e. The number of benzene rings is 2. The van der Waals surface area contributed by atoms with Crippen LogP contribution in [0.2, 0.25) is 0 Å². The number of fused-ring (bicyclic) bond motifs is 5. The standard InChI is InChI=1S/C31H13F6NO4S2/c1-38-22-10-14(8-20-16-4-2-12(30(32,33)34)6-18(16)24(39)26(20)41)43-28(22)29-23(38)11-15(44-29)9-21-17-5-3-13(31(35,36)37)7-19(17)25(40)27(21)42/h2-11H,1H3/b20-8-,21-9-. The summed E-state index contributed by atoms with van der Waals surface area (Å²) in [5.74, 6) is -3.81. The summed E-state index contributed by atoms with van der Waals surface area (Å²) in [5.41, 5.74) is -0.844. The lowest BCUT2D eigenvalue weighted by atomic mass is 10.0. The number of alkyl halides is 6. The van der Waals surface area contributed by atoms with Crippen LogP contribution in [0, 0.1) is 0 Å². The number of carbonyl (C=O) groups is 4. The third kappa shape index (κ3) is 4.14. The van der Waals surface area contributed by atoms with Crippen LogP contribution in [0.3, 0.4) is 0 Å². The maximum atomic E-state index is 13.2. The van der Waals surface area contributed by atoms with Gasteiger partial charge in [-0.25, -0.2) is 0 Å². The molecule has 0 amide bonds. The Morgan fingerprint density at radius 1 is 0.568 bits per heavy atom. The molecule has 0 fully saturated rings. The van der Waals surface area contributed by atoms with Crippen LogP contribution in [0.25, 0.3) is 43.7 Å². The van der Waals surface area contributed by atoms with E-state index in [0.717, 1.165) is 44.7 Å². The molecule has 3 aromatic heterocycles. The number of thiophene rings is 2. The molecule has 5 nitrogen and oxygen atoms in total. The van der Waals surface area contributed by atoms with E-state index in [0.29, 0.717) is 21.9 Å². The van der Waals surface area contributed by atoms with Crippen molar-refractivity contribution in [3.63, 3.8) is 0 Å². The van der Waals surface area contributed by atoms with Gasteiger partial charge in [0.1, 0.15) is 0 Å². The molecule has 0 saturated heterocycles. The molecule has 2 aliphatic rings. The molecule has 44 heavy (non-hydrogen) atoms. The summed E-state index contributed by atoms with van der Waals surface area (Å²) in [5, 5.41) is 0. The molecule has 0 radical (unpaired) electrons. The number of ketones is 4. The van der Waals surface area contributed by atoms with Crippen molar-refractivity contribution in [3.05, 3.63) is 91.7 Å². The van der Waals surface area contributed by atoms with E-state index in [9.17, 15) is 45.5 Å². The number of hydrogen-bond donors (Lipinski definition) is 0. The summed E-state index contributed by atoms with van der Waals surface area (Å²) in [4.78, 5) is 51.6. The van der Waals surface area contributed by atoms with Crippen LogP contribution in [0.4, 0.5) is 26.3 Å². The fourth-order valence-electron chi connectivity index (χ4n) is 5.49. The van der Waals surface area contributed by atoms with Gasteiger partial charge in [0.05, 0.1) is 31.6 Å². The molecule has 3 heterocycles. The predicted molar refractivity (Wildman–Crippen MR) is 153 cm³/mol. The number of nitrogens with zero attached hydrogens (tertiary/aromatic N) is 1. The number of allylic oxidation sites excluding steroid dienone is 2. The van der Waals surface area contributed by atoms with Crippen molar-refractivity contribution in [3.8, 4) is 0 Å². The fourth-order valence-corrected chi connectivity index (χ4v) is 7.90. The Hall–Kier alpha value is -4.62. The predicted octanol–water partition coefficient (Wildman–Crippen LogP) is 8.10. The minimum atomic E-state index is -4.67. The zero-order valence-electron chi connectivity index (χ0n) is 21.9. The van der Waals surface area contributed by atoms with E-state index in [2.05, 4.69) is 0 Å². The number of carbonyl (C=O) groups excluding carboxylic acids is 4. The molecule has 0 aliphatic heterocycles. The molecule has 0 bridgehead atoms. The third-order valence-corrected chi connectivity index (χ3v) is 9.94. The van der Waals surface area contributed by atoms with Crippen molar-refractivity contribution >= 4 is 89.5 Å². The molecule has 0 atom stereocenters. The second-order valence-electron chi connectivity index (χ2n) is 10.2. The molecule has 7 rings (SSSR count). The maximum Gasteiger partial charge on any atom is 0.416 e. The average molecular weight is 642 g/mol. The smallest absolute Gasteiger partial charge is 0.342 e. The molecular formula is C31H13F6NO4S2. The zero-order valence-corrected chi connectivity index (χ0v) is 23.6. The zero-order chi connectivity index (χ0) is 31.5. The lowest BCUT2D eigenvalue weighted by Crippen LogP contribution is -2.08. The average Bonchev–Trinajstić information content (AvgIpc) is 3.72. The second-order valence-corrected chi connectivity index (χ2v) is 12.4. The topological polar surface area (TPSA) is 73.2 Å². The first-order valence-corrected chi connectivity index (χ1v) is 14.3. The van der Waals surface area contributed by atoms with Gasteiger partial charge in [0.25, 0.3) is 0 Å². The van der Waals surface area contributed by atoms with Gasteiger partial charge in [-0.05, 0) is 59.7 Å². The Balaban J connectivity index is 1.28. The van der Waals surface area contributed by atoms with Crippen LogP contribution in [-0.2, 0) is 29.0 Å². The first-order valence-electron chi connectivity index (χ1n) is 12.7. The number of rotatable bonds is 2. The first kappa shape index (κ1) is 28.2. The Kier molecular flexibility index (Phi) is 5.88. The molecule has 13 heteroatoms.